The van der Waals surface area contributed by atoms with Gasteiger partial charge >= 0.3 is 0 Å². The molecule has 1 heterocycles. The molecular formula is C30H31NO9. The van der Waals surface area contributed by atoms with Crippen LogP contribution in [0.1, 0.15) is 45.6 Å². The molecule has 1 fully saturated rings. The molecule has 5 atom stereocenters. The number of aliphatic hydroxyl groups excluding tert-OH is 3. The molecule has 6 rings (SSSR count). The third-order valence-corrected chi connectivity index (χ3v) is 8.96. The van der Waals surface area contributed by atoms with E-state index in [0.29, 0.717) is 22.6 Å². The van der Waals surface area contributed by atoms with Crippen molar-refractivity contribution in [2.75, 3.05) is 6.79 Å². The second kappa shape index (κ2) is 8.55. The maximum atomic E-state index is 14.2. The van der Waals surface area contributed by atoms with Gasteiger partial charge in [0, 0.05) is 17.9 Å². The Morgan fingerprint density at radius 1 is 1.07 bits per heavy atom. The highest BCUT2D eigenvalue weighted by Crippen LogP contribution is 2.56. The highest BCUT2D eigenvalue weighted by Gasteiger charge is 2.60. The van der Waals surface area contributed by atoms with Crippen molar-refractivity contribution in [1.29, 1.82) is 0 Å². The first kappa shape index (κ1) is 26.3. The summed E-state index contributed by atoms with van der Waals surface area (Å²) in [6.45, 7) is 5.89. The summed E-state index contributed by atoms with van der Waals surface area (Å²) in [4.78, 5) is 38.7. The lowest BCUT2D eigenvalue weighted by Gasteiger charge is -2.49. The van der Waals surface area contributed by atoms with E-state index in [9.17, 15) is 34.8 Å². The second-order valence-electron chi connectivity index (χ2n) is 12.2. The van der Waals surface area contributed by atoms with Crippen molar-refractivity contribution in [3.05, 3.63) is 63.6 Å². The Morgan fingerprint density at radius 2 is 1.77 bits per heavy atom. The van der Waals surface area contributed by atoms with Gasteiger partial charge in [-0.25, -0.2) is 0 Å². The number of hydrogen-bond acceptors (Lipinski definition) is 9. The van der Waals surface area contributed by atoms with E-state index in [2.05, 4.69) is 0 Å². The molecule has 10 heteroatoms. The highest BCUT2D eigenvalue weighted by atomic mass is 16.7. The Morgan fingerprint density at radius 3 is 2.45 bits per heavy atom. The van der Waals surface area contributed by atoms with Crippen LogP contribution in [0, 0.1) is 23.2 Å². The number of allylic oxidation sites excluding steroid dienone is 3. The summed E-state index contributed by atoms with van der Waals surface area (Å²) in [5.74, 6) is -5.85. The van der Waals surface area contributed by atoms with Crippen molar-refractivity contribution in [1.82, 2.24) is 0 Å². The highest BCUT2D eigenvalue weighted by molar-refractivity contribution is 6.20. The van der Waals surface area contributed by atoms with Gasteiger partial charge in [-0.3, -0.25) is 14.4 Å². The fourth-order valence-electron chi connectivity index (χ4n) is 7.00. The first-order valence-electron chi connectivity index (χ1n) is 13.2. The number of fused-ring (bicyclic) bond motifs is 4. The fraction of sp³-hybridized carbons (Fsp3) is 0.433. The summed E-state index contributed by atoms with van der Waals surface area (Å²) in [7, 11) is 0. The van der Waals surface area contributed by atoms with Crippen molar-refractivity contribution < 1.29 is 44.3 Å². The van der Waals surface area contributed by atoms with Crippen LogP contribution in [0.15, 0.2) is 58.1 Å². The van der Waals surface area contributed by atoms with Gasteiger partial charge in [0.2, 0.25) is 6.79 Å². The molecule has 1 aromatic rings. The lowest BCUT2D eigenvalue weighted by atomic mass is 9.56. The SMILES string of the molecule is CC(C)(C)C1=CC(c2ccc3c(c2)OCO3)=C2C[C@H]3C[C@H]4CC(=O)C(C(N)=O)=C(O)[C@@]4(O)C(O)=C3C(=O)C2C1O. The van der Waals surface area contributed by atoms with Crippen molar-refractivity contribution in [3.63, 3.8) is 0 Å². The van der Waals surface area contributed by atoms with Crippen LogP contribution >= 0.6 is 0 Å². The predicted molar refractivity (Wildman–Crippen MR) is 141 cm³/mol. The first-order valence-corrected chi connectivity index (χ1v) is 13.2. The molecule has 210 valence electrons. The van der Waals surface area contributed by atoms with Gasteiger partial charge in [-0.05, 0) is 58.6 Å². The Labute approximate surface area is 230 Å². The van der Waals surface area contributed by atoms with Crippen LogP contribution < -0.4 is 15.2 Å². The van der Waals surface area contributed by atoms with Crippen molar-refractivity contribution in [3.8, 4) is 11.5 Å². The van der Waals surface area contributed by atoms with Crippen molar-refractivity contribution in [2.45, 2.75) is 51.7 Å². The number of primary amides is 1. The van der Waals surface area contributed by atoms with E-state index in [1.54, 1.807) is 6.07 Å². The molecule has 2 unspecified atom stereocenters. The molecule has 1 saturated carbocycles. The van der Waals surface area contributed by atoms with Crippen LogP contribution in [0.25, 0.3) is 5.57 Å². The molecule has 1 aliphatic heterocycles. The number of Topliss-reactive ketones (excluding diaryl/α,β-unsaturated/α-hetero) is 2. The van der Waals surface area contributed by atoms with Gasteiger partial charge in [-0.1, -0.05) is 32.9 Å². The van der Waals surface area contributed by atoms with Crippen molar-refractivity contribution >= 4 is 23.0 Å². The number of aliphatic hydroxyl groups is 4. The molecule has 1 aromatic carbocycles. The van der Waals surface area contributed by atoms with Crippen LogP contribution in [0.4, 0.5) is 0 Å². The van der Waals surface area contributed by atoms with Gasteiger partial charge in [0.25, 0.3) is 5.91 Å². The third kappa shape index (κ3) is 3.52. The first-order chi connectivity index (χ1) is 18.7. The van der Waals surface area contributed by atoms with Crippen LogP contribution in [0.3, 0.4) is 0 Å². The monoisotopic (exact) mass is 549 g/mol. The number of carbonyl (C=O) groups is 3. The Balaban J connectivity index is 1.54. The van der Waals surface area contributed by atoms with Crippen LogP contribution in [0.5, 0.6) is 11.5 Å². The summed E-state index contributed by atoms with van der Waals surface area (Å²) < 4.78 is 11.0. The minimum absolute atomic E-state index is 0.0834. The van der Waals surface area contributed by atoms with Gasteiger partial charge < -0.3 is 35.6 Å². The number of hydrogen-bond donors (Lipinski definition) is 5. The molecule has 10 nitrogen and oxygen atoms in total. The fourth-order valence-corrected chi connectivity index (χ4v) is 7.00. The number of ether oxygens (including phenoxy) is 2. The average Bonchev–Trinajstić information content (AvgIpc) is 3.33. The molecule has 6 N–H and O–H groups in total. The number of carbonyl (C=O) groups excluding carboxylic acids is 3. The molecule has 0 aromatic heterocycles. The summed E-state index contributed by atoms with van der Waals surface area (Å²) in [6, 6.07) is 5.48. The third-order valence-electron chi connectivity index (χ3n) is 8.96. The van der Waals surface area contributed by atoms with E-state index in [4.69, 9.17) is 15.2 Å². The molecule has 40 heavy (non-hydrogen) atoms. The van der Waals surface area contributed by atoms with Gasteiger partial charge in [0.05, 0.1) is 12.0 Å². The zero-order valence-electron chi connectivity index (χ0n) is 22.4. The lowest BCUT2D eigenvalue weighted by molar-refractivity contribution is -0.129. The number of amides is 1. The Bertz CT molecular complexity index is 1520. The average molecular weight is 550 g/mol. The zero-order chi connectivity index (χ0) is 28.9. The van der Waals surface area contributed by atoms with Crippen LogP contribution in [0.2, 0.25) is 0 Å². The minimum atomic E-state index is -2.51. The van der Waals surface area contributed by atoms with Gasteiger partial charge in [0.1, 0.15) is 17.1 Å². The Kier molecular flexibility index (Phi) is 5.63. The molecular weight excluding hydrogens is 518 g/mol. The van der Waals surface area contributed by atoms with Crippen LogP contribution in [-0.2, 0) is 14.4 Å². The number of benzene rings is 1. The summed E-state index contributed by atoms with van der Waals surface area (Å²) in [6.07, 6.45) is 0.715. The maximum Gasteiger partial charge on any atom is 0.255 e. The predicted octanol–water partition coefficient (Wildman–Crippen LogP) is 2.55. The van der Waals surface area contributed by atoms with E-state index >= 15 is 0 Å². The standard InChI is InChI=1S/C30H31NO9/c1-29(2,3)17-10-15(12-4-5-19-20(8-12)40-11-39-19)16-7-13-6-14-9-18(32)23(28(31)37)27(36)30(14,38)26(35)21(13)25(34)22(16)24(17)33/h4-5,8,10,13-14,22,24,33,35-36,38H,6-7,9,11H2,1-3H3,(H2,31,37)/t13-,14+,22?,24?,30+/m1/s1. The van der Waals surface area contributed by atoms with Crippen molar-refractivity contribution in [2.24, 2.45) is 28.9 Å². The molecule has 4 aliphatic carbocycles. The summed E-state index contributed by atoms with van der Waals surface area (Å²) in [5.41, 5.74) is 4.18. The molecule has 5 aliphatic rings. The van der Waals surface area contributed by atoms with Gasteiger partial charge in [-0.15, -0.1) is 0 Å². The largest absolute Gasteiger partial charge is 0.508 e. The van der Waals surface area contributed by atoms with E-state index < -0.39 is 69.4 Å². The van der Waals surface area contributed by atoms with Crippen LogP contribution in [-0.4, -0.2) is 56.4 Å². The Hall–Kier alpha value is -3.89. The molecule has 0 radical (unpaired) electrons. The number of nitrogens with two attached hydrogens (primary N) is 1. The minimum Gasteiger partial charge on any atom is -0.508 e. The second-order valence-corrected chi connectivity index (χ2v) is 12.2. The molecule has 0 bridgehead atoms. The molecule has 0 saturated heterocycles. The van der Waals surface area contributed by atoms with E-state index in [0.717, 1.165) is 11.1 Å². The number of ketones is 2. The van der Waals surface area contributed by atoms with E-state index in [1.165, 1.54) is 0 Å². The van der Waals surface area contributed by atoms with E-state index in [1.807, 2.05) is 39.0 Å². The normalized spacial score (nSPS) is 31.6. The van der Waals surface area contributed by atoms with E-state index in [-0.39, 0.29) is 31.6 Å². The summed E-state index contributed by atoms with van der Waals surface area (Å²) in [5, 5.41) is 45.3. The number of rotatable bonds is 2. The topological polar surface area (TPSA) is 177 Å². The van der Waals surface area contributed by atoms with Gasteiger partial charge in [0.15, 0.2) is 28.7 Å². The quantitative estimate of drug-likeness (QED) is 0.347. The lowest BCUT2D eigenvalue weighted by Crippen LogP contribution is -2.55. The zero-order valence-corrected chi connectivity index (χ0v) is 22.4. The molecule has 0 spiro atoms. The van der Waals surface area contributed by atoms with Gasteiger partial charge in [-0.2, -0.15) is 0 Å². The molecule has 1 amide bonds. The summed E-state index contributed by atoms with van der Waals surface area (Å²) >= 11 is 0. The smallest absolute Gasteiger partial charge is 0.255 e. The maximum absolute atomic E-state index is 14.2.